The highest BCUT2D eigenvalue weighted by Crippen LogP contribution is 2.39. The molecule has 2 amide bonds. The van der Waals surface area contributed by atoms with Crippen LogP contribution >= 0.6 is 11.6 Å². The summed E-state index contributed by atoms with van der Waals surface area (Å²) in [5.74, 6) is -1.01. The number of anilines is 2. The van der Waals surface area contributed by atoms with Gasteiger partial charge in [0.1, 0.15) is 18.1 Å². The molecular formula is C18H16ClFN2O3. The summed E-state index contributed by atoms with van der Waals surface area (Å²) >= 11 is 6.00. The molecule has 1 N–H and O–H groups in total. The average molecular weight is 363 g/mol. The Balaban J connectivity index is 1.88. The molecule has 130 valence electrons. The fraction of sp³-hybridized carbons (Fsp3) is 0.222. The molecule has 25 heavy (non-hydrogen) atoms. The van der Waals surface area contributed by atoms with Crippen molar-refractivity contribution in [2.45, 2.75) is 19.4 Å². The van der Waals surface area contributed by atoms with Gasteiger partial charge in [-0.1, -0.05) is 23.7 Å². The average Bonchev–Trinajstić information content (AvgIpc) is 2.55. The van der Waals surface area contributed by atoms with Crippen LogP contribution in [0.4, 0.5) is 15.8 Å². The van der Waals surface area contributed by atoms with Crippen LogP contribution in [0.1, 0.15) is 13.8 Å². The number of carbonyl (C=O) groups is 2. The molecule has 2 aromatic rings. The molecule has 0 radical (unpaired) electrons. The molecule has 0 unspecified atom stereocenters. The number of halogens is 2. The van der Waals surface area contributed by atoms with Gasteiger partial charge in [-0.3, -0.25) is 14.5 Å². The lowest BCUT2D eigenvalue weighted by Gasteiger charge is -2.38. The summed E-state index contributed by atoms with van der Waals surface area (Å²) in [7, 11) is 0. The van der Waals surface area contributed by atoms with Gasteiger partial charge in [-0.25, -0.2) is 4.39 Å². The first-order valence-electron chi connectivity index (χ1n) is 7.63. The van der Waals surface area contributed by atoms with Crippen LogP contribution in [0.2, 0.25) is 5.02 Å². The molecule has 1 aliphatic rings. The number of ether oxygens (including phenoxy) is 1. The maximum Gasteiger partial charge on any atom is 0.271 e. The van der Waals surface area contributed by atoms with Crippen molar-refractivity contribution in [3.63, 3.8) is 0 Å². The van der Waals surface area contributed by atoms with Crippen LogP contribution in [0.5, 0.6) is 5.75 Å². The topological polar surface area (TPSA) is 58.6 Å². The largest absolute Gasteiger partial charge is 0.476 e. The first-order valence-corrected chi connectivity index (χ1v) is 8.00. The monoisotopic (exact) mass is 362 g/mol. The summed E-state index contributed by atoms with van der Waals surface area (Å²) in [6.45, 7) is 2.95. The van der Waals surface area contributed by atoms with Gasteiger partial charge in [-0.05, 0) is 44.2 Å². The van der Waals surface area contributed by atoms with Crippen molar-refractivity contribution in [2.24, 2.45) is 0 Å². The molecule has 1 heterocycles. The molecule has 0 bridgehead atoms. The van der Waals surface area contributed by atoms with Crippen LogP contribution in [0.15, 0.2) is 42.5 Å². The van der Waals surface area contributed by atoms with Crippen LogP contribution < -0.4 is 15.0 Å². The predicted octanol–water partition coefficient (Wildman–Crippen LogP) is 3.62. The van der Waals surface area contributed by atoms with E-state index in [2.05, 4.69) is 5.32 Å². The third-order valence-corrected chi connectivity index (χ3v) is 4.02. The van der Waals surface area contributed by atoms with E-state index >= 15 is 0 Å². The van der Waals surface area contributed by atoms with Crippen LogP contribution in [-0.4, -0.2) is 24.0 Å². The highest BCUT2D eigenvalue weighted by Gasteiger charge is 2.41. The standard InChI is InChI=1S/C18H16ClFN2O3/c1-18(2)17(24)22(14-9-11(19)7-8-15(14)25-18)10-16(23)21-13-6-4-3-5-12(13)20/h3-9H,10H2,1-2H3,(H,21,23). The van der Waals surface area contributed by atoms with E-state index in [1.807, 2.05) is 0 Å². The Labute approximate surface area is 149 Å². The number of hydrogen-bond donors (Lipinski definition) is 1. The molecule has 0 spiro atoms. The molecule has 0 fully saturated rings. The number of para-hydroxylation sites is 1. The zero-order chi connectivity index (χ0) is 18.2. The maximum absolute atomic E-state index is 13.7. The lowest BCUT2D eigenvalue weighted by atomic mass is 10.0. The first kappa shape index (κ1) is 17.2. The van der Waals surface area contributed by atoms with Gasteiger partial charge in [0.2, 0.25) is 5.91 Å². The molecule has 0 atom stereocenters. The summed E-state index contributed by atoms with van der Waals surface area (Å²) in [6.07, 6.45) is 0. The highest BCUT2D eigenvalue weighted by molar-refractivity contribution is 6.31. The summed E-state index contributed by atoms with van der Waals surface area (Å²) in [5, 5.41) is 2.88. The second-order valence-corrected chi connectivity index (χ2v) is 6.58. The number of nitrogens with one attached hydrogen (secondary N) is 1. The molecule has 7 heteroatoms. The van der Waals surface area contributed by atoms with Gasteiger partial charge in [0.15, 0.2) is 5.60 Å². The molecule has 5 nitrogen and oxygen atoms in total. The summed E-state index contributed by atoms with van der Waals surface area (Å²) < 4.78 is 19.4. The minimum Gasteiger partial charge on any atom is -0.476 e. The van der Waals surface area contributed by atoms with Crippen molar-refractivity contribution in [3.05, 3.63) is 53.3 Å². The van der Waals surface area contributed by atoms with Gasteiger partial charge in [0.25, 0.3) is 5.91 Å². The Hall–Kier alpha value is -2.60. The van der Waals surface area contributed by atoms with Crippen molar-refractivity contribution in [3.8, 4) is 5.75 Å². The van der Waals surface area contributed by atoms with Crippen molar-refractivity contribution < 1.29 is 18.7 Å². The second kappa shape index (κ2) is 6.37. The summed E-state index contributed by atoms with van der Waals surface area (Å²) in [4.78, 5) is 26.3. The zero-order valence-corrected chi connectivity index (χ0v) is 14.4. The Morgan fingerprint density at radius 3 is 2.72 bits per heavy atom. The van der Waals surface area contributed by atoms with Crippen molar-refractivity contribution in [1.29, 1.82) is 0 Å². The van der Waals surface area contributed by atoms with E-state index in [9.17, 15) is 14.0 Å². The van der Waals surface area contributed by atoms with Gasteiger partial charge in [-0.2, -0.15) is 0 Å². The molecule has 2 aromatic carbocycles. The lowest BCUT2D eigenvalue weighted by molar-refractivity contribution is -0.133. The van der Waals surface area contributed by atoms with Gasteiger partial charge < -0.3 is 10.1 Å². The number of rotatable bonds is 3. The molecule has 0 saturated carbocycles. The van der Waals surface area contributed by atoms with Gasteiger partial charge in [0, 0.05) is 5.02 Å². The molecule has 1 aliphatic heterocycles. The smallest absolute Gasteiger partial charge is 0.271 e. The van der Waals surface area contributed by atoms with Crippen molar-refractivity contribution >= 4 is 34.8 Å². The van der Waals surface area contributed by atoms with Crippen LogP contribution in [0, 0.1) is 5.82 Å². The van der Waals surface area contributed by atoms with E-state index in [-0.39, 0.29) is 18.1 Å². The van der Waals surface area contributed by atoms with E-state index in [1.165, 1.54) is 23.1 Å². The van der Waals surface area contributed by atoms with Gasteiger partial charge in [-0.15, -0.1) is 0 Å². The van der Waals surface area contributed by atoms with Crippen LogP contribution in [-0.2, 0) is 9.59 Å². The first-order chi connectivity index (χ1) is 11.8. The van der Waals surface area contributed by atoms with Crippen molar-refractivity contribution in [1.82, 2.24) is 0 Å². The molecule has 0 aliphatic carbocycles. The fourth-order valence-corrected chi connectivity index (χ4v) is 2.76. The summed E-state index contributed by atoms with van der Waals surface area (Å²) in [5.41, 5.74) is -0.668. The SMILES string of the molecule is CC1(C)Oc2ccc(Cl)cc2N(CC(=O)Nc2ccccc2F)C1=O. The predicted molar refractivity (Wildman–Crippen MR) is 93.5 cm³/mol. The number of fused-ring (bicyclic) bond motifs is 1. The molecule has 0 saturated heterocycles. The highest BCUT2D eigenvalue weighted by atomic mass is 35.5. The van der Waals surface area contributed by atoms with Crippen molar-refractivity contribution in [2.75, 3.05) is 16.8 Å². The molecule has 3 rings (SSSR count). The van der Waals surface area contributed by atoms with Gasteiger partial charge >= 0.3 is 0 Å². The quantitative estimate of drug-likeness (QED) is 0.907. The van der Waals surface area contributed by atoms with Gasteiger partial charge in [0.05, 0.1) is 11.4 Å². The van der Waals surface area contributed by atoms with Crippen LogP contribution in [0.3, 0.4) is 0 Å². The Morgan fingerprint density at radius 2 is 2.00 bits per heavy atom. The molecular weight excluding hydrogens is 347 g/mol. The van der Waals surface area contributed by atoms with E-state index in [1.54, 1.807) is 38.1 Å². The third kappa shape index (κ3) is 3.44. The Morgan fingerprint density at radius 1 is 1.28 bits per heavy atom. The Kier molecular flexibility index (Phi) is 4.39. The second-order valence-electron chi connectivity index (χ2n) is 6.14. The lowest BCUT2D eigenvalue weighted by Crippen LogP contribution is -2.54. The van der Waals surface area contributed by atoms with E-state index in [0.717, 1.165) is 0 Å². The number of carbonyl (C=O) groups excluding carboxylic acids is 2. The summed E-state index contributed by atoms with van der Waals surface area (Å²) in [6, 6.07) is 10.7. The number of nitrogens with zero attached hydrogens (tertiary/aromatic N) is 1. The minimum atomic E-state index is -1.13. The number of amides is 2. The Bertz CT molecular complexity index is 854. The zero-order valence-electron chi connectivity index (χ0n) is 13.7. The van der Waals surface area contributed by atoms with E-state index < -0.39 is 17.3 Å². The third-order valence-electron chi connectivity index (χ3n) is 3.79. The number of benzene rings is 2. The maximum atomic E-state index is 13.7. The van der Waals surface area contributed by atoms with E-state index in [4.69, 9.17) is 16.3 Å². The normalized spacial score (nSPS) is 15.4. The van der Waals surface area contributed by atoms with Crippen LogP contribution in [0.25, 0.3) is 0 Å². The number of hydrogen-bond acceptors (Lipinski definition) is 3. The minimum absolute atomic E-state index is 0.0544. The fourth-order valence-electron chi connectivity index (χ4n) is 2.59. The molecule has 0 aromatic heterocycles. The van der Waals surface area contributed by atoms with E-state index in [0.29, 0.717) is 16.5 Å².